The van der Waals surface area contributed by atoms with Crippen LogP contribution < -0.4 is 0 Å². The largest absolute Gasteiger partial charge is 0.318 e. The van der Waals surface area contributed by atoms with Gasteiger partial charge in [-0.25, -0.2) is 4.98 Å². The van der Waals surface area contributed by atoms with E-state index in [1.54, 1.807) is 11.3 Å². The molecule has 0 saturated heterocycles. The van der Waals surface area contributed by atoms with Crippen molar-refractivity contribution in [1.29, 1.82) is 0 Å². The zero-order valence-corrected chi connectivity index (χ0v) is 13.2. The second-order valence-corrected chi connectivity index (χ2v) is 7.14. The van der Waals surface area contributed by atoms with Crippen molar-refractivity contribution < 1.29 is 0 Å². The summed E-state index contributed by atoms with van der Waals surface area (Å²) in [6, 6.07) is 0. The third-order valence-corrected chi connectivity index (χ3v) is 4.01. The molecule has 0 aromatic carbocycles. The van der Waals surface area contributed by atoms with Gasteiger partial charge in [-0.1, -0.05) is 20.8 Å². The van der Waals surface area contributed by atoms with Crippen LogP contribution in [0.25, 0.3) is 0 Å². The van der Waals surface area contributed by atoms with E-state index in [1.807, 2.05) is 18.5 Å². The van der Waals surface area contributed by atoms with Gasteiger partial charge >= 0.3 is 0 Å². The molecule has 19 heavy (non-hydrogen) atoms. The van der Waals surface area contributed by atoms with Crippen molar-refractivity contribution in [3.05, 3.63) is 27.7 Å². The van der Waals surface area contributed by atoms with Gasteiger partial charge in [0.2, 0.25) is 0 Å². The predicted molar refractivity (Wildman–Crippen MR) is 78.4 cm³/mol. The Labute approximate surface area is 118 Å². The van der Waals surface area contributed by atoms with Crippen molar-refractivity contribution >= 4 is 11.3 Å². The molecule has 0 aliphatic heterocycles. The summed E-state index contributed by atoms with van der Waals surface area (Å²) in [7, 11) is 2.01. The molecule has 0 aliphatic carbocycles. The number of rotatable bonds is 4. The first-order valence-corrected chi connectivity index (χ1v) is 7.51. The van der Waals surface area contributed by atoms with Gasteiger partial charge in [-0.2, -0.15) is 0 Å². The van der Waals surface area contributed by atoms with Crippen LogP contribution in [0.3, 0.4) is 0 Å². The molecule has 4 nitrogen and oxygen atoms in total. The summed E-state index contributed by atoms with van der Waals surface area (Å²) in [5.41, 5.74) is 1.51. The molecule has 2 aromatic rings. The molecule has 2 aromatic heterocycles. The van der Waals surface area contributed by atoms with Crippen molar-refractivity contribution in [2.24, 2.45) is 12.5 Å². The smallest absolute Gasteiger partial charge is 0.133 e. The number of aromatic nitrogens is 4. The highest BCUT2D eigenvalue weighted by Crippen LogP contribution is 2.22. The summed E-state index contributed by atoms with van der Waals surface area (Å²) in [5, 5.41) is 11.6. The third kappa shape index (κ3) is 3.86. The first-order chi connectivity index (χ1) is 8.85. The van der Waals surface area contributed by atoms with Crippen LogP contribution in [0.15, 0.2) is 5.38 Å². The van der Waals surface area contributed by atoms with Gasteiger partial charge in [0.15, 0.2) is 0 Å². The van der Waals surface area contributed by atoms with Crippen LogP contribution in [-0.2, 0) is 26.3 Å². The molecule has 0 amide bonds. The van der Waals surface area contributed by atoms with E-state index in [-0.39, 0.29) is 0 Å². The quantitative estimate of drug-likeness (QED) is 0.863. The fraction of sp³-hybridized carbons (Fsp3) is 0.643. The number of aryl methyl sites for hydroxylation is 3. The summed E-state index contributed by atoms with van der Waals surface area (Å²) >= 11 is 1.75. The van der Waals surface area contributed by atoms with Gasteiger partial charge in [-0.3, -0.25) is 0 Å². The molecular formula is C14H22N4S. The monoisotopic (exact) mass is 278 g/mol. The Morgan fingerprint density at radius 2 is 1.95 bits per heavy atom. The second-order valence-electron chi connectivity index (χ2n) is 6.19. The molecule has 0 N–H and O–H groups in total. The minimum absolute atomic E-state index is 0.298. The normalized spacial score (nSPS) is 12.1. The van der Waals surface area contributed by atoms with Crippen molar-refractivity contribution in [1.82, 2.24) is 19.7 Å². The Morgan fingerprint density at radius 3 is 2.53 bits per heavy atom. The lowest BCUT2D eigenvalue weighted by Gasteiger charge is -2.15. The van der Waals surface area contributed by atoms with Gasteiger partial charge in [-0.05, 0) is 18.8 Å². The summed E-state index contributed by atoms with van der Waals surface area (Å²) in [5.74, 6) is 1.99. The van der Waals surface area contributed by atoms with Gasteiger partial charge in [0, 0.05) is 25.3 Å². The Hall–Kier alpha value is -1.23. The molecule has 5 heteroatoms. The average Bonchev–Trinajstić information content (AvgIpc) is 2.84. The highest BCUT2D eigenvalue weighted by Gasteiger charge is 2.14. The number of hydrogen-bond donors (Lipinski definition) is 0. The van der Waals surface area contributed by atoms with Gasteiger partial charge in [0.1, 0.15) is 11.6 Å². The molecule has 0 bridgehead atoms. The maximum Gasteiger partial charge on any atom is 0.133 e. The Morgan fingerprint density at radius 1 is 1.21 bits per heavy atom. The van der Waals surface area contributed by atoms with E-state index in [9.17, 15) is 0 Å². The lowest BCUT2D eigenvalue weighted by Crippen LogP contribution is -2.09. The Kier molecular flexibility index (Phi) is 4.04. The highest BCUT2D eigenvalue weighted by molar-refractivity contribution is 7.09. The van der Waals surface area contributed by atoms with E-state index < -0.39 is 0 Å². The molecule has 0 spiro atoms. The molecule has 2 heterocycles. The van der Waals surface area contributed by atoms with Crippen molar-refractivity contribution in [3.8, 4) is 0 Å². The predicted octanol–water partition coefficient (Wildman–Crippen LogP) is 2.95. The highest BCUT2D eigenvalue weighted by atomic mass is 32.1. The molecule has 0 unspecified atom stereocenters. The molecule has 0 fully saturated rings. The van der Waals surface area contributed by atoms with Crippen LogP contribution in [0.5, 0.6) is 0 Å². The van der Waals surface area contributed by atoms with Gasteiger partial charge < -0.3 is 4.57 Å². The SMILES string of the molecule is Cc1nnc(CCc2nc(CC(C)(C)C)cs2)n1C. The first-order valence-electron chi connectivity index (χ1n) is 6.63. The summed E-state index contributed by atoms with van der Waals surface area (Å²) in [6.07, 6.45) is 2.88. The van der Waals surface area contributed by atoms with Crippen LogP contribution in [0, 0.1) is 12.3 Å². The van der Waals surface area contributed by atoms with E-state index in [1.165, 1.54) is 10.7 Å². The fourth-order valence-corrected chi connectivity index (χ4v) is 2.77. The topological polar surface area (TPSA) is 43.6 Å². The van der Waals surface area contributed by atoms with E-state index >= 15 is 0 Å². The average molecular weight is 278 g/mol. The minimum atomic E-state index is 0.298. The van der Waals surface area contributed by atoms with E-state index in [0.717, 1.165) is 30.9 Å². The third-order valence-electron chi connectivity index (χ3n) is 3.06. The maximum absolute atomic E-state index is 4.71. The van der Waals surface area contributed by atoms with Crippen molar-refractivity contribution in [3.63, 3.8) is 0 Å². The first kappa shape index (κ1) is 14.2. The van der Waals surface area contributed by atoms with Crippen LogP contribution in [-0.4, -0.2) is 19.7 Å². The van der Waals surface area contributed by atoms with Gasteiger partial charge in [-0.15, -0.1) is 21.5 Å². The minimum Gasteiger partial charge on any atom is -0.318 e. The van der Waals surface area contributed by atoms with E-state index in [0.29, 0.717) is 5.41 Å². The second kappa shape index (κ2) is 5.41. The zero-order valence-electron chi connectivity index (χ0n) is 12.4. The lowest BCUT2D eigenvalue weighted by molar-refractivity contribution is 0.407. The maximum atomic E-state index is 4.71. The number of thiazole rings is 1. The Bertz CT molecular complexity index is 548. The summed E-state index contributed by atoms with van der Waals surface area (Å²) in [4.78, 5) is 4.71. The zero-order chi connectivity index (χ0) is 14.0. The van der Waals surface area contributed by atoms with Crippen molar-refractivity contribution in [2.45, 2.75) is 47.0 Å². The number of nitrogens with zero attached hydrogens (tertiary/aromatic N) is 4. The fourth-order valence-electron chi connectivity index (χ4n) is 1.98. The van der Waals surface area contributed by atoms with E-state index in [2.05, 4.69) is 36.3 Å². The van der Waals surface area contributed by atoms with Crippen LogP contribution in [0.4, 0.5) is 0 Å². The van der Waals surface area contributed by atoms with Crippen molar-refractivity contribution in [2.75, 3.05) is 0 Å². The molecule has 0 saturated carbocycles. The molecular weight excluding hydrogens is 256 g/mol. The van der Waals surface area contributed by atoms with Gasteiger partial charge in [0.25, 0.3) is 0 Å². The summed E-state index contributed by atoms with van der Waals surface area (Å²) in [6.45, 7) is 8.71. The summed E-state index contributed by atoms with van der Waals surface area (Å²) < 4.78 is 2.05. The number of hydrogen-bond acceptors (Lipinski definition) is 4. The van der Waals surface area contributed by atoms with Gasteiger partial charge in [0.05, 0.1) is 10.7 Å². The van der Waals surface area contributed by atoms with Crippen LogP contribution in [0.2, 0.25) is 0 Å². The molecule has 0 atom stereocenters. The van der Waals surface area contributed by atoms with Crippen LogP contribution >= 0.6 is 11.3 Å². The standard InChI is InChI=1S/C14H22N4S/c1-10-16-17-12(18(10)5)6-7-13-15-11(9-19-13)8-14(2,3)4/h9H,6-8H2,1-5H3. The van der Waals surface area contributed by atoms with Crippen LogP contribution in [0.1, 0.15) is 43.1 Å². The molecule has 0 radical (unpaired) electrons. The van der Waals surface area contributed by atoms with E-state index in [4.69, 9.17) is 4.98 Å². The molecule has 104 valence electrons. The lowest BCUT2D eigenvalue weighted by atomic mass is 9.91. The molecule has 0 aliphatic rings. The molecule has 2 rings (SSSR count). The Balaban J connectivity index is 1.95.